The summed E-state index contributed by atoms with van der Waals surface area (Å²) in [4.78, 5) is 31.4. The Morgan fingerprint density at radius 3 is 2.17 bits per heavy atom. The molecular weight excluding hydrogens is 318 g/mol. The van der Waals surface area contributed by atoms with Gasteiger partial charge in [-0.05, 0) is 12.8 Å². The van der Waals surface area contributed by atoms with Gasteiger partial charge in [0.1, 0.15) is 12.3 Å². The molecule has 1 aliphatic carbocycles. The molecule has 8 nitrogen and oxygen atoms in total. The van der Waals surface area contributed by atoms with E-state index in [0.29, 0.717) is 31.3 Å². The number of aliphatic carboxylic acids is 2. The molecule has 8 heteroatoms. The number of carboxylic acid groups (broad SMARTS) is 2. The molecule has 1 saturated heterocycles. The van der Waals surface area contributed by atoms with Gasteiger partial charge in [0.2, 0.25) is 6.29 Å². The summed E-state index contributed by atoms with van der Waals surface area (Å²) >= 11 is 0. The standard InChI is InChI=1S/C14H25NO3.C2H2O4/c1-15(11-14-17-9-10-18-14)8-7-13(16)12-5-3-2-4-6-12;3-1(4)2(5)6/h12,14H,2-11H2,1H3;(H,3,4)(H,5,6). The normalized spacial score (nSPS) is 20.0. The first kappa shape index (κ1) is 20.5. The lowest BCUT2D eigenvalue weighted by atomic mass is 9.85. The number of ether oxygens (including phenoxy) is 2. The number of carbonyl (C=O) groups excluding carboxylic acids is 2. The van der Waals surface area contributed by atoms with Crippen molar-refractivity contribution in [3.05, 3.63) is 0 Å². The van der Waals surface area contributed by atoms with E-state index in [1.807, 2.05) is 0 Å². The third-order valence-corrected chi connectivity index (χ3v) is 4.24. The van der Waals surface area contributed by atoms with E-state index in [1.165, 1.54) is 24.2 Å². The van der Waals surface area contributed by atoms with Crippen LogP contribution in [0.4, 0.5) is 0 Å². The molecule has 138 valence electrons. The molecule has 1 saturated carbocycles. The predicted molar refractivity (Wildman–Crippen MR) is 81.2 cm³/mol. The molecule has 0 aromatic heterocycles. The molecule has 0 radical (unpaired) electrons. The minimum atomic E-state index is -2.07. The Morgan fingerprint density at radius 2 is 1.67 bits per heavy atom. The van der Waals surface area contributed by atoms with E-state index in [0.717, 1.165) is 25.9 Å². The van der Waals surface area contributed by atoms with Gasteiger partial charge < -0.3 is 29.4 Å². The summed E-state index contributed by atoms with van der Waals surface area (Å²) in [5.74, 6) is -3.18. The van der Waals surface area contributed by atoms with Crippen molar-refractivity contribution in [1.29, 1.82) is 0 Å². The maximum absolute atomic E-state index is 12.1. The summed E-state index contributed by atoms with van der Waals surface area (Å²) in [6.07, 6.45) is 6.68. The average molecular weight is 345 g/mol. The highest BCUT2D eigenvalue weighted by Gasteiger charge is 2.24. The van der Waals surface area contributed by atoms with Crippen molar-refractivity contribution in [2.24, 2.45) is 5.92 Å². The van der Waals surface area contributed by atoms with E-state index in [-0.39, 0.29) is 6.29 Å². The Balaban J connectivity index is 0.000000413. The largest absolute Gasteiger partial charge is 0.539 e. The lowest BCUT2D eigenvalue weighted by molar-refractivity contribution is -0.884. The number of likely N-dealkylation sites (N-methyl/N-ethyl adjacent to an activating group) is 1. The first-order valence-electron chi connectivity index (χ1n) is 8.41. The van der Waals surface area contributed by atoms with Gasteiger partial charge in [0.05, 0.1) is 33.2 Å². The van der Waals surface area contributed by atoms with Gasteiger partial charge in [-0.25, -0.2) is 4.79 Å². The number of hydrogen-bond donors (Lipinski definition) is 2. The van der Waals surface area contributed by atoms with E-state index in [2.05, 4.69) is 7.05 Å². The molecular formula is C16H27NO7. The molecule has 2 aliphatic rings. The Labute approximate surface area is 141 Å². The molecule has 0 amide bonds. The molecule has 0 spiro atoms. The van der Waals surface area contributed by atoms with E-state index in [9.17, 15) is 4.79 Å². The fourth-order valence-electron chi connectivity index (χ4n) is 2.88. The highest BCUT2D eigenvalue weighted by atomic mass is 16.7. The van der Waals surface area contributed by atoms with Crippen molar-refractivity contribution in [1.82, 2.24) is 0 Å². The SMILES string of the molecule is C[NH+](CCC(=O)C1CCCCC1)CC1OCCO1.O=C([O-])C(=O)O. The van der Waals surface area contributed by atoms with Gasteiger partial charge >= 0.3 is 5.97 Å². The van der Waals surface area contributed by atoms with Crippen LogP contribution in [0.15, 0.2) is 0 Å². The van der Waals surface area contributed by atoms with Crippen molar-refractivity contribution in [2.45, 2.75) is 44.8 Å². The van der Waals surface area contributed by atoms with Gasteiger partial charge in [-0.3, -0.25) is 4.79 Å². The third kappa shape index (κ3) is 8.37. The number of rotatable bonds is 6. The number of ketones is 1. The third-order valence-electron chi connectivity index (χ3n) is 4.24. The summed E-state index contributed by atoms with van der Waals surface area (Å²) in [6.45, 7) is 3.16. The summed E-state index contributed by atoms with van der Waals surface area (Å²) < 4.78 is 10.8. The van der Waals surface area contributed by atoms with Gasteiger partial charge in [0.25, 0.3) is 0 Å². The Bertz CT molecular complexity index is 403. The summed E-state index contributed by atoms with van der Waals surface area (Å²) in [5.41, 5.74) is 0. The maximum Gasteiger partial charge on any atom is 0.351 e. The van der Waals surface area contributed by atoms with Crippen molar-refractivity contribution in [3.8, 4) is 0 Å². The van der Waals surface area contributed by atoms with Crippen LogP contribution in [0.3, 0.4) is 0 Å². The van der Waals surface area contributed by atoms with Crippen LogP contribution >= 0.6 is 0 Å². The number of Topliss-reactive ketones (excluding diaryl/α,β-unsaturated/α-hetero) is 1. The predicted octanol–water partition coefficient (Wildman–Crippen LogP) is -1.77. The molecule has 1 unspecified atom stereocenters. The summed E-state index contributed by atoms with van der Waals surface area (Å²) in [7, 11) is 2.11. The molecule has 0 aromatic carbocycles. The van der Waals surface area contributed by atoms with E-state index >= 15 is 0 Å². The molecule has 0 aromatic rings. The lowest BCUT2D eigenvalue weighted by Gasteiger charge is -2.21. The number of nitrogens with one attached hydrogen (secondary N) is 1. The van der Waals surface area contributed by atoms with Gasteiger partial charge in [0.15, 0.2) is 5.97 Å². The monoisotopic (exact) mass is 345 g/mol. The van der Waals surface area contributed by atoms with Crippen LogP contribution < -0.4 is 10.0 Å². The van der Waals surface area contributed by atoms with Crippen LogP contribution in [0.2, 0.25) is 0 Å². The number of hydrogen-bond acceptors (Lipinski definition) is 6. The Morgan fingerprint density at radius 1 is 1.12 bits per heavy atom. The van der Waals surface area contributed by atoms with Crippen molar-refractivity contribution in [2.75, 3.05) is 33.4 Å². The fraction of sp³-hybridized carbons (Fsp3) is 0.812. The van der Waals surface area contributed by atoms with Crippen molar-refractivity contribution < 1.29 is 39.0 Å². The van der Waals surface area contributed by atoms with Crippen LogP contribution in [0.5, 0.6) is 0 Å². The molecule has 2 N–H and O–H groups in total. The number of carboxylic acids is 2. The Kier molecular flexibility index (Phi) is 9.51. The molecule has 0 bridgehead atoms. The second-order valence-corrected chi connectivity index (χ2v) is 6.23. The van der Waals surface area contributed by atoms with Crippen LogP contribution in [-0.2, 0) is 23.9 Å². The minimum Gasteiger partial charge on any atom is -0.539 e. The molecule has 2 fully saturated rings. The highest BCUT2D eigenvalue weighted by molar-refractivity contribution is 6.26. The second kappa shape index (κ2) is 11.1. The van der Waals surface area contributed by atoms with Crippen molar-refractivity contribution >= 4 is 17.7 Å². The smallest absolute Gasteiger partial charge is 0.351 e. The maximum atomic E-state index is 12.1. The molecule has 2 rings (SSSR count). The zero-order valence-corrected chi connectivity index (χ0v) is 14.1. The van der Waals surface area contributed by atoms with Crippen LogP contribution in [0.1, 0.15) is 38.5 Å². The first-order valence-corrected chi connectivity index (χ1v) is 8.41. The second-order valence-electron chi connectivity index (χ2n) is 6.23. The zero-order valence-electron chi connectivity index (χ0n) is 14.1. The lowest BCUT2D eigenvalue weighted by Crippen LogP contribution is -3.10. The topological polar surface area (TPSA) is 117 Å². The van der Waals surface area contributed by atoms with Crippen LogP contribution in [0.25, 0.3) is 0 Å². The average Bonchev–Trinajstić information content (AvgIpc) is 3.07. The van der Waals surface area contributed by atoms with Crippen molar-refractivity contribution in [3.63, 3.8) is 0 Å². The fourth-order valence-corrected chi connectivity index (χ4v) is 2.88. The summed E-state index contributed by atoms with van der Waals surface area (Å²) in [5, 5.41) is 16.3. The molecule has 1 aliphatic heterocycles. The minimum absolute atomic E-state index is 0.0604. The van der Waals surface area contributed by atoms with Gasteiger partial charge in [-0.2, -0.15) is 0 Å². The van der Waals surface area contributed by atoms with E-state index in [4.69, 9.17) is 29.3 Å². The quantitative estimate of drug-likeness (QED) is 0.547. The van der Waals surface area contributed by atoms with Gasteiger partial charge in [-0.1, -0.05) is 19.3 Å². The molecule has 24 heavy (non-hydrogen) atoms. The van der Waals surface area contributed by atoms with Crippen LogP contribution in [0, 0.1) is 5.92 Å². The van der Waals surface area contributed by atoms with Gasteiger partial charge in [0, 0.05) is 5.92 Å². The Hall–Kier alpha value is -1.51. The number of quaternary nitrogens is 1. The number of carbonyl (C=O) groups is 3. The molecule has 1 atom stereocenters. The zero-order chi connectivity index (χ0) is 17.9. The van der Waals surface area contributed by atoms with Crippen LogP contribution in [-0.4, -0.2) is 62.5 Å². The van der Waals surface area contributed by atoms with Gasteiger partial charge in [-0.15, -0.1) is 0 Å². The molecule has 1 heterocycles. The van der Waals surface area contributed by atoms with E-state index in [1.54, 1.807) is 0 Å². The summed E-state index contributed by atoms with van der Waals surface area (Å²) in [6, 6.07) is 0. The van der Waals surface area contributed by atoms with E-state index < -0.39 is 11.9 Å². The highest BCUT2D eigenvalue weighted by Crippen LogP contribution is 2.24. The first-order chi connectivity index (χ1) is 11.4.